The van der Waals surface area contributed by atoms with E-state index in [4.69, 9.17) is 15.1 Å². The molecule has 1 aliphatic carbocycles. The molecule has 4 aromatic rings. The molecule has 0 amide bonds. The lowest BCUT2D eigenvalue weighted by atomic mass is 10.0. The third kappa shape index (κ3) is 3.59. The Labute approximate surface area is 189 Å². The van der Waals surface area contributed by atoms with Gasteiger partial charge in [0, 0.05) is 41.3 Å². The smallest absolute Gasteiger partial charge is 0.194 e. The highest BCUT2D eigenvalue weighted by atomic mass is 32.2. The number of nitrogens with one attached hydrogen (secondary N) is 1. The quantitative estimate of drug-likeness (QED) is 0.473. The summed E-state index contributed by atoms with van der Waals surface area (Å²) < 4.78 is 15.4. The van der Waals surface area contributed by atoms with Crippen molar-refractivity contribution in [3.8, 4) is 22.5 Å². The lowest BCUT2D eigenvalue weighted by molar-refractivity contribution is 0.342. The standard InChI is InChI=1S/C24H21FN6S/c25-18-7-5-15(6-8-18)17-13-20-22(28-19-3-1-2-4-19)31-24(32-23(20)27-14-17)29-21(30-31)16-9-11-26-12-10-16/h5-14,19,22,28H,1-4H2/t22-/m1/s1. The van der Waals surface area contributed by atoms with Gasteiger partial charge in [-0.1, -0.05) is 25.0 Å². The molecule has 1 aliphatic heterocycles. The lowest BCUT2D eigenvalue weighted by Gasteiger charge is -2.29. The number of pyridine rings is 2. The molecule has 1 N–H and O–H groups in total. The van der Waals surface area contributed by atoms with Crippen LogP contribution in [0.15, 0.2) is 71.2 Å². The van der Waals surface area contributed by atoms with Gasteiger partial charge in [0.15, 0.2) is 11.0 Å². The SMILES string of the molecule is Fc1ccc(-c2cnc3c(c2)[C@H](NC2CCCC2)n2nc(-c4ccncc4)nc2S3)cc1. The van der Waals surface area contributed by atoms with Gasteiger partial charge in [-0.25, -0.2) is 19.0 Å². The van der Waals surface area contributed by atoms with Crippen LogP contribution in [0.4, 0.5) is 4.39 Å². The monoisotopic (exact) mass is 444 g/mol. The Hall–Kier alpha value is -3.10. The number of halogens is 1. The molecule has 0 spiro atoms. The van der Waals surface area contributed by atoms with Gasteiger partial charge >= 0.3 is 0 Å². The fourth-order valence-corrected chi connectivity index (χ4v) is 5.35. The molecule has 0 saturated heterocycles. The fourth-order valence-electron chi connectivity index (χ4n) is 4.41. The molecule has 160 valence electrons. The number of nitrogens with zero attached hydrogens (tertiary/aromatic N) is 5. The number of fused-ring (bicyclic) bond motifs is 2. The van der Waals surface area contributed by atoms with E-state index in [2.05, 4.69) is 16.4 Å². The maximum Gasteiger partial charge on any atom is 0.194 e. The van der Waals surface area contributed by atoms with Crippen molar-refractivity contribution in [2.75, 3.05) is 0 Å². The van der Waals surface area contributed by atoms with Gasteiger partial charge in [-0.05, 0) is 60.5 Å². The van der Waals surface area contributed by atoms with E-state index in [0.29, 0.717) is 11.9 Å². The second-order valence-electron chi connectivity index (χ2n) is 8.18. The van der Waals surface area contributed by atoms with Crippen LogP contribution in [0.2, 0.25) is 0 Å². The molecule has 1 saturated carbocycles. The van der Waals surface area contributed by atoms with Crippen LogP contribution in [-0.4, -0.2) is 30.8 Å². The minimum atomic E-state index is -0.244. The van der Waals surface area contributed by atoms with Crippen molar-refractivity contribution in [3.05, 3.63) is 72.4 Å². The van der Waals surface area contributed by atoms with Crippen LogP contribution in [0.5, 0.6) is 0 Å². The molecule has 1 atom stereocenters. The van der Waals surface area contributed by atoms with Crippen LogP contribution < -0.4 is 5.32 Å². The van der Waals surface area contributed by atoms with Gasteiger partial charge in [-0.2, -0.15) is 0 Å². The lowest BCUT2D eigenvalue weighted by Crippen LogP contribution is -2.37. The van der Waals surface area contributed by atoms with Gasteiger partial charge in [0.2, 0.25) is 0 Å². The molecule has 0 unspecified atom stereocenters. The minimum absolute atomic E-state index is 0.152. The molecule has 0 radical (unpaired) electrons. The summed E-state index contributed by atoms with van der Waals surface area (Å²) in [6.07, 6.45) is 10.0. The Morgan fingerprint density at radius 2 is 1.75 bits per heavy atom. The van der Waals surface area contributed by atoms with E-state index >= 15 is 0 Å². The molecule has 4 heterocycles. The first kappa shape index (κ1) is 19.6. The molecular formula is C24H21FN6S. The molecule has 2 aliphatic rings. The summed E-state index contributed by atoms with van der Waals surface area (Å²) in [5, 5.41) is 10.4. The first-order valence-corrected chi connectivity index (χ1v) is 11.6. The predicted molar refractivity (Wildman–Crippen MR) is 121 cm³/mol. The van der Waals surface area contributed by atoms with Crippen molar-refractivity contribution < 1.29 is 4.39 Å². The zero-order valence-corrected chi connectivity index (χ0v) is 18.1. The third-order valence-corrected chi connectivity index (χ3v) is 7.07. The summed E-state index contributed by atoms with van der Waals surface area (Å²) in [5.41, 5.74) is 3.90. The zero-order valence-electron chi connectivity index (χ0n) is 17.3. The Morgan fingerprint density at radius 1 is 0.969 bits per heavy atom. The first-order chi connectivity index (χ1) is 15.7. The Bertz CT molecular complexity index is 1250. The summed E-state index contributed by atoms with van der Waals surface area (Å²) in [5.74, 6) is 0.437. The Kier molecular flexibility index (Phi) is 4.96. The first-order valence-electron chi connectivity index (χ1n) is 10.8. The molecule has 1 fully saturated rings. The van der Waals surface area contributed by atoms with Gasteiger partial charge < -0.3 is 0 Å². The molecule has 1 aromatic carbocycles. The van der Waals surface area contributed by atoms with Crippen LogP contribution in [-0.2, 0) is 0 Å². The second-order valence-corrected chi connectivity index (χ2v) is 9.13. The van der Waals surface area contributed by atoms with Crippen LogP contribution in [0.1, 0.15) is 37.4 Å². The van der Waals surface area contributed by atoms with E-state index in [1.54, 1.807) is 24.5 Å². The molecule has 32 heavy (non-hydrogen) atoms. The van der Waals surface area contributed by atoms with Gasteiger partial charge in [0.25, 0.3) is 0 Å². The molecule has 0 bridgehead atoms. The van der Waals surface area contributed by atoms with Crippen molar-refractivity contribution in [2.24, 2.45) is 0 Å². The van der Waals surface area contributed by atoms with Gasteiger partial charge in [0.1, 0.15) is 17.0 Å². The van der Waals surface area contributed by atoms with Crippen LogP contribution >= 0.6 is 11.8 Å². The summed E-state index contributed by atoms with van der Waals surface area (Å²) in [4.78, 5) is 13.7. The van der Waals surface area contributed by atoms with E-state index < -0.39 is 0 Å². The number of benzene rings is 1. The highest BCUT2D eigenvalue weighted by Gasteiger charge is 2.32. The van der Waals surface area contributed by atoms with Crippen LogP contribution in [0.3, 0.4) is 0 Å². The topological polar surface area (TPSA) is 68.5 Å². The molecule has 6 rings (SSSR count). The van der Waals surface area contributed by atoms with Crippen LogP contribution in [0, 0.1) is 5.82 Å². The average molecular weight is 445 g/mol. The third-order valence-electron chi connectivity index (χ3n) is 6.07. The maximum atomic E-state index is 13.4. The highest BCUT2D eigenvalue weighted by Crippen LogP contribution is 2.41. The van der Waals surface area contributed by atoms with Crippen molar-refractivity contribution in [2.45, 2.75) is 48.1 Å². The van der Waals surface area contributed by atoms with Gasteiger partial charge in [-0.3, -0.25) is 10.3 Å². The summed E-state index contributed by atoms with van der Waals surface area (Å²) >= 11 is 1.53. The van der Waals surface area contributed by atoms with Gasteiger partial charge in [-0.15, -0.1) is 5.10 Å². The van der Waals surface area contributed by atoms with Crippen molar-refractivity contribution in [3.63, 3.8) is 0 Å². The predicted octanol–water partition coefficient (Wildman–Crippen LogP) is 5.08. The van der Waals surface area contributed by atoms with Crippen molar-refractivity contribution in [1.82, 2.24) is 30.0 Å². The van der Waals surface area contributed by atoms with E-state index in [-0.39, 0.29) is 12.0 Å². The number of rotatable bonds is 4. The van der Waals surface area contributed by atoms with E-state index in [1.165, 1.54) is 36.7 Å². The zero-order chi connectivity index (χ0) is 21.5. The fraction of sp³-hybridized carbons (Fsp3) is 0.250. The summed E-state index contributed by atoms with van der Waals surface area (Å²) in [6, 6.07) is 13.0. The molecule has 8 heteroatoms. The second kappa shape index (κ2) is 8.11. The molecule has 3 aromatic heterocycles. The molecule has 6 nitrogen and oxygen atoms in total. The normalized spacial score (nSPS) is 17.8. The molecular weight excluding hydrogens is 423 g/mol. The summed E-state index contributed by atoms with van der Waals surface area (Å²) in [7, 11) is 0. The Balaban J connectivity index is 1.43. The van der Waals surface area contributed by atoms with Crippen LogP contribution in [0.25, 0.3) is 22.5 Å². The minimum Gasteiger partial charge on any atom is -0.289 e. The largest absolute Gasteiger partial charge is 0.289 e. The van der Waals surface area contributed by atoms with E-state index in [9.17, 15) is 4.39 Å². The average Bonchev–Trinajstić information content (AvgIpc) is 3.50. The van der Waals surface area contributed by atoms with E-state index in [0.717, 1.165) is 45.3 Å². The summed E-state index contributed by atoms with van der Waals surface area (Å²) in [6.45, 7) is 0. The van der Waals surface area contributed by atoms with E-state index in [1.807, 2.05) is 23.0 Å². The van der Waals surface area contributed by atoms with Crippen molar-refractivity contribution in [1.29, 1.82) is 0 Å². The number of hydrogen-bond donors (Lipinski definition) is 1. The number of aromatic nitrogens is 5. The van der Waals surface area contributed by atoms with Gasteiger partial charge in [0.05, 0.1) is 0 Å². The van der Waals surface area contributed by atoms with Crippen molar-refractivity contribution >= 4 is 11.8 Å². The Morgan fingerprint density at radius 3 is 2.53 bits per heavy atom. The maximum absolute atomic E-state index is 13.4. The number of hydrogen-bond acceptors (Lipinski definition) is 6. The highest BCUT2D eigenvalue weighted by molar-refractivity contribution is 7.99.